The molecule has 1 aromatic carbocycles. The lowest BCUT2D eigenvalue weighted by molar-refractivity contribution is 0.0671. The number of thioether (sulfide) groups is 1. The average molecular weight is 495 g/mol. The normalized spacial score (nSPS) is 12.6. The molecule has 0 aliphatic heterocycles. The Bertz CT molecular complexity index is 666. The minimum absolute atomic E-state index is 0. The van der Waals surface area contributed by atoms with Gasteiger partial charge >= 0.3 is 6.55 Å². The van der Waals surface area contributed by atoms with E-state index < -0.39 is 6.55 Å². The molecule has 1 heterocycles. The molecule has 0 aliphatic carbocycles. The van der Waals surface area contributed by atoms with Gasteiger partial charge in [-0.1, -0.05) is 25.1 Å². The van der Waals surface area contributed by atoms with Crippen LogP contribution in [-0.4, -0.2) is 33.9 Å². The van der Waals surface area contributed by atoms with Crippen LogP contribution in [0.3, 0.4) is 0 Å². The van der Waals surface area contributed by atoms with Gasteiger partial charge in [-0.15, -0.1) is 35.7 Å². The number of guanidine groups is 1. The highest BCUT2D eigenvalue weighted by Gasteiger charge is 2.11. The van der Waals surface area contributed by atoms with Gasteiger partial charge in [-0.3, -0.25) is 4.57 Å². The van der Waals surface area contributed by atoms with Crippen molar-refractivity contribution < 1.29 is 8.78 Å². The van der Waals surface area contributed by atoms with Crippen LogP contribution in [0.1, 0.15) is 26.2 Å². The van der Waals surface area contributed by atoms with Crippen molar-refractivity contribution in [2.75, 3.05) is 13.1 Å². The predicted octanol–water partition coefficient (Wildman–Crippen LogP) is 4.13. The maximum Gasteiger partial charge on any atom is 0.319 e. The number of imidazole rings is 1. The first kappa shape index (κ1) is 22.7. The minimum atomic E-state index is -2.61. The number of hydrogen-bond acceptors (Lipinski definition) is 3. The highest BCUT2D eigenvalue weighted by atomic mass is 127. The largest absolute Gasteiger partial charge is 0.357 e. The van der Waals surface area contributed by atoms with E-state index in [1.165, 1.54) is 17.3 Å². The van der Waals surface area contributed by atoms with Crippen LogP contribution in [0.25, 0.3) is 0 Å². The van der Waals surface area contributed by atoms with E-state index in [2.05, 4.69) is 39.7 Å². The molecule has 0 saturated heterocycles. The van der Waals surface area contributed by atoms with E-state index in [0.717, 1.165) is 4.57 Å². The van der Waals surface area contributed by atoms with Crippen molar-refractivity contribution in [2.24, 2.45) is 4.99 Å². The van der Waals surface area contributed by atoms with Gasteiger partial charge in [0.1, 0.15) is 12.4 Å². The molecule has 26 heavy (non-hydrogen) atoms. The number of hydrogen-bond donors (Lipinski definition) is 2. The summed E-state index contributed by atoms with van der Waals surface area (Å²) in [4.78, 5) is 9.49. The lowest BCUT2D eigenvalue weighted by Crippen LogP contribution is -2.40. The molecule has 0 amide bonds. The van der Waals surface area contributed by atoms with Crippen LogP contribution >= 0.6 is 35.7 Å². The van der Waals surface area contributed by atoms with E-state index in [4.69, 9.17) is 0 Å². The van der Waals surface area contributed by atoms with E-state index in [1.54, 1.807) is 11.8 Å². The highest BCUT2D eigenvalue weighted by Crippen LogP contribution is 2.21. The molecule has 0 aliphatic rings. The van der Waals surface area contributed by atoms with E-state index in [1.807, 2.05) is 25.1 Å². The maximum atomic E-state index is 12.8. The van der Waals surface area contributed by atoms with E-state index >= 15 is 0 Å². The maximum absolute atomic E-state index is 12.8. The summed E-state index contributed by atoms with van der Waals surface area (Å²) >= 11 is 1.76. The van der Waals surface area contributed by atoms with Gasteiger partial charge < -0.3 is 10.6 Å². The van der Waals surface area contributed by atoms with E-state index in [-0.39, 0.29) is 36.3 Å². The summed E-state index contributed by atoms with van der Waals surface area (Å²) in [6.07, 6.45) is 2.62. The first-order valence-electron chi connectivity index (χ1n) is 8.14. The molecule has 0 bridgehead atoms. The van der Waals surface area contributed by atoms with Crippen molar-refractivity contribution >= 4 is 41.7 Å². The van der Waals surface area contributed by atoms with Gasteiger partial charge in [0.2, 0.25) is 0 Å². The molecule has 0 spiro atoms. The Morgan fingerprint density at radius 2 is 2.00 bits per heavy atom. The molecule has 144 valence electrons. The van der Waals surface area contributed by atoms with Crippen molar-refractivity contribution in [3.63, 3.8) is 0 Å². The van der Waals surface area contributed by atoms with Crippen LogP contribution in [0.2, 0.25) is 0 Å². The molecule has 2 aromatic rings. The fourth-order valence-corrected chi connectivity index (χ4v) is 3.09. The Kier molecular flexibility index (Phi) is 10.6. The number of nitrogens with zero attached hydrogens (tertiary/aromatic N) is 3. The standard InChI is InChI=1S/C17H23F2N5S.HI/c1-3-20-17(23-12-15-21-9-10-24(15)16(18)19)22-11-13(2)25-14-7-5-4-6-8-14;/h4-10,13,16H,3,11-12H2,1-2H3,(H2,20,22,23);1H. The van der Waals surface area contributed by atoms with Gasteiger partial charge in [0.25, 0.3) is 0 Å². The van der Waals surface area contributed by atoms with Crippen molar-refractivity contribution in [3.05, 3.63) is 48.5 Å². The number of benzene rings is 1. The smallest absolute Gasteiger partial charge is 0.319 e. The number of alkyl halides is 2. The highest BCUT2D eigenvalue weighted by molar-refractivity contribution is 14.0. The molecule has 1 unspecified atom stereocenters. The summed E-state index contributed by atoms with van der Waals surface area (Å²) in [6, 6.07) is 10.2. The van der Waals surface area contributed by atoms with Gasteiger partial charge in [0, 0.05) is 35.6 Å². The SMILES string of the molecule is CCNC(=NCc1nccn1C(F)F)NCC(C)Sc1ccccc1.I. The van der Waals surface area contributed by atoms with Crippen molar-refractivity contribution in [3.8, 4) is 0 Å². The molecular weight excluding hydrogens is 471 g/mol. The summed E-state index contributed by atoms with van der Waals surface area (Å²) in [5, 5.41) is 6.69. The van der Waals surface area contributed by atoms with E-state index in [9.17, 15) is 8.78 Å². The molecule has 0 saturated carbocycles. The topological polar surface area (TPSA) is 54.2 Å². The fourth-order valence-electron chi connectivity index (χ4n) is 2.15. The molecule has 1 atom stereocenters. The Labute approximate surface area is 174 Å². The monoisotopic (exact) mass is 495 g/mol. The number of aromatic nitrogens is 2. The van der Waals surface area contributed by atoms with Crippen LogP contribution in [0, 0.1) is 0 Å². The Hall–Kier alpha value is -1.36. The van der Waals surface area contributed by atoms with Gasteiger partial charge in [-0.25, -0.2) is 9.98 Å². The minimum Gasteiger partial charge on any atom is -0.357 e. The third kappa shape index (κ3) is 7.48. The van der Waals surface area contributed by atoms with Crippen molar-refractivity contribution in [2.45, 2.75) is 37.1 Å². The zero-order valence-electron chi connectivity index (χ0n) is 14.7. The fraction of sp³-hybridized carbons (Fsp3) is 0.412. The summed E-state index contributed by atoms with van der Waals surface area (Å²) < 4.78 is 26.5. The third-order valence-corrected chi connectivity index (χ3v) is 4.43. The zero-order valence-corrected chi connectivity index (χ0v) is 17.9. The summed E-state index contributed by atoms with van der Waals surface area (Å²) in [7, 11) is 0. The molecule has 0 fully saturated rings. The molecule has 2 N–H and O–H groups in total. The van der Waals surface area contributed by atoms with Crippen LogP contribution in [0.5, 0.6) is 0 Å². The molecule has 1 aromatic heterocycles. The van der Waals surface area contributed by atoms with Crippen molar-refractivity contribution in [1.29, 1.82) is 0 Å². The Morgan fingerprint density at radius 3 is 2.65 bits per heavy atom. The van der Waals surface area contributed by atoms with Gasteiger partial charge in [-0.05, 0) is 19.1 Å². The van der Waals surface area contributed by atoms with Crippen molar-refractivity contribution in [1.82, 2.24) is 20.2 Å². The summed E-state index contributed by atoms with van der Waals surface area (Å²) in [5.41, 5.74) is 0. The van der Waals surface area contributed by atoms with Gasteiger partial charge in [0.05, 0.1) is 0 Å². The van der Waals surface area contributed by atoms with Crippen LogP contribution in [0.4, 0.5) is 8.78 Å². The molecule has 9 heteroatoms. The lowest BCUT2D eigenvalue weighted by atomic mass is 10.4. The third-order valence-electron chi connectivity index (χ3n) is 3.32. The Morgan fingerprint density at radius 1 is 1.27 bits per heavy atom. The first-order valence-corrected chi connectivity index (χ1v) is 9.01. The van der Waals surface area contributed by atoms with Crippen LogP contribution in [0.15, 0.2) is 52.6 Å². The molecule has 0 radical (unpaired) electrons. The first-order chi connectivity index (χ1) is 12.1. The average Bonchev–Trinajstić information content (AvgIpc) is 3.07. The molecular formula is C17H24F2IN5S. The summed E-state index contributed by atoms with van der Waals surface area (Å²) in [5.74, 6) is 0.825. The summed E-state index contributed by atoms with van der Waals surface area (Å²) in [6.45, 7) is 2.96. The quantitative estimate of drug-likeness (QED) is 0.250. The second kappa shape index (κ2) is 12.1. The predicted molar refractivity (Wildman–Crippen MR) is 113 cm³/mol. The van der Waals surface area contributed by atoms with Crippen LogP contribution in [-0.2, 0) is 6.54 Å². The second-order valence-electron chi connectivity index (χ2n) is 5.35. The van der Waals surface area contributed by atoms with Gasteiger partial charge in [0.15, 0.2) is 5.96 Å². The number of nitrogens with one attached hydrogen (secondary N) is 2. The number of halogens is 3. The van der Waals surface area contributed by atoms with E-state index in [0.29, 0.717) is 24.3 Å². The Balaban J connectivity index is 0.00000338. The molecule has 5 nitrogen and oxygen atoms in total. The van der Waals surface area contributed by atoms with Gasteiger partial charge in [-0.2, -0.15) is 8.78 Å². The zero-order chi connectivity index (χ0) is 18.1. The second-order valence-corrected chi connectivity index (χ2v) is 6.86. The molecule has 2 rings (SSSR count). The lowest BCUT2D eigenvalue weighted by Gasteiger charge is -2.15. The number of rotatable bonds is 8. The van der Waals surface area contributed by atoms with Crippen LogP contribution < -0.4 is 10.6 Å². The number of aliphatic imine (C=N–C) groups is 1.